The third kappa shape index (κ3) is 4.14. The van der Waals surface area contributed by atoms with Gasteiger partial charge in [0.15, 0.2) is 11.5 Å². The number of rotatable bonds is 6. The molecule has 3 nitrogen and oxygen atoms in total. The van der Waals surface area contributed by atoms with E-state index in [1.54, 1.807) is 7.11 Å². The molecule has 1 aromatic carbocycles. The Bertz CT molecular complexity index is 408. The number of nitrogens with zero attached hydrogens (tertiary/aromatic N) is 1. The molecule has 0 radical (unpaired) electrons. The summed E-state index contributed by atoms with van der Waals surface area (Å²) >= 11 is 0. The van der Waals surface area contributed by atoms with Crippen LogP contribution < -0.4 is 9.47 Å². The molecular weight excluding hydrogens is 250 g/mol. The topological polar surface area (TPSA) is 21.7 Å². The molecule has 1 heterocycles. The molecular formula is C17H27NO2. The van der Waals surface area contributed by atoms with Crippen LogP contribution in [0.5, 0.6) is 11.5 Å². The first-order valence-electron chi connectivity index (χ1n) is 7.69. The van der Waals surface area contributed by atoms with E-state index >= 15 is 0 Å². The maximum Gasteiger partial charge on any atom is 0.161 e. The summed E-state index contributed by atoms with van der Waals surface area (Å²) in [6.07, 6.45) is 2.40. The summed E-state index contributed by atoms with van der Waals surface area (Å²) in [7, 11) is 1.68. The smallest absolute Gasteiger partial charge is 0.161 e. The molecule has 0 N–H and O–H groups in total. The van der Waals surface area contributed by atoms with Crippen LogP contribution in [0.25, 0.3) is 0 Å². The van der Waals surface area contributed by atoms with E-state index in [0.29, 0.717) is 0 Å². The maximum absolute atomic E-state index is 5.82. The maximum atomic E-state index is 5.82. The third-order valence-corrected chi connectivity index (χ3v) is 4.36. The molecule has 1 fully saturated rings. The van der Waals surface area contributed by atoms with Crippen LogP contribution >= 0.6 is 0 Å². The number of hydrogen-bond donors (Lipinski definition) is 0. The molecule has 1 aliphatic rings. The predicted octanol–water partition coefficient (Wildman–Crippen LogP) is 3.44. The number of methoxy groups -OCH3 is 1. The highest BCUT2D eigenvalue weighted by Crippen LogP contribution is 2.26. The third-order valence-electron chi connectivity index (χ3n) is 4.36. The number of likely N-dealkylation sites (tertiary alicyclic amines) is 1. The van der Waals surface area contributed by atoms with Gasteiger partial charge in [-0.05, 0) is 43.4 Å². The molecule has 1 aliphatic heterocycles. The van der Waals surface area contributed by atoms with E-state index in [4.69, 9.17) is 9.47 Å². The van der Waals surface area contributed by atoms with Crippen LogP contribution in [0.1, 0.15) is 26.7 Å². The van der Waals surface area contributed by atoms with Crippen LogP contribution in [-0.4, -0.2) is 38.3 Å². The Labute approximate surface area is 122 Å². The van der Waals surface area contributed by atoms with Gasteiger partial charge in [0.05, 0.1) is 13.7 Å². The Hall–Kier alpha value is -1.22. The van der Waals surface area contributed by atoms with Crippen molar-refractivity contribution in [3.05, 3.63) is 24.3 Å². The average Bonchev–Trinajstić information content (AvgIpc) is 2.47. The van der Waals surface area contributed by atoms with Gasteiger partial charge in [0.2, 0.25) is 0 Å². The molecule has 112 valence electrons. The van der Waals surface area contributed by atoms with Gasteiger partial charge in [-0.1, -0.05) is 26.0 Å². The Morgan fingerprint density at radius 1 is 1.15 bits per heavy atom. The lowest BCUT2D eigenvalue weighted by Gasteiger charge is -2.35. The van der Waals surface area contributed by atoms with Gasteiger partial charge >= 0.3 is 0 Å². The SMILES string of the molecule is COc1ccccc1OCCCN1CC[C@H](C)[C@@H](C)C1. The number of piperidine rings is 1. The van der Waals surface area contributed by atoms with E-state index in [9.17, 15) is 0 Å². The van der Waals surface area contributed by atoms with Gasteiger partial charge < -0.3 is 14.4 Å². The van der Waals surface area contributed by atoms with Crippen molar-refractivity contribution in [2.45, 2.75) is 26.7 Å². The molecule has 0 spiro atoms. The minimum atomic E-state index is 0.751. The first-order valence-corrected chi connectivity index (χ1v) is 7.69. The molecule has 0 bridgehead atoms. The van der Waals surface area contributed by atoms with E-state index < -0.39 is 0 Å². The van der Waals surface area contributed by atoms with Crippen molar-refractivity contribution >= 4 is 0 Å². The average molecular weight is 277 g/mol. The zero-order valence-corrected chi connectivity index (χ0v) is 13.0. The van der Waals surface area contributed by atoms with Crippen LogP contribution in [0.3, 0.4) is 0 Å². The lowest BCUT2D eigenvalue weighted by atomic mass is 9.89. The van der Waals surface area contributed by atoms with Gasteiger partial charge in [-0.25, -0.2) is 0 Å². The first kappa shape index (κ1) is 15.2. The van der Waals surface area contributed by atoms with Crippen LogP contribution in [0, 0.1) is 11.8 Å². The van der Waals surface area contributed by atoms with Crippen molar-refractivity contribution in [2.75, 3.05) is 33.4 Å². The summed E-state index contributed by atoms with van der Waals surface area (Å²) < 4.78 is 11.1. The van der Waals surface area contributed by atoms with Crippen molar-refractivity contribution in [3.63, 3.8) is 0 Å². The van der Waals surface area contributed by atoms with Gasteiger partial charge in [0.1, 0.15) is 0 Å². The summed E-state index contributed by atoms with van der Waals surface area (Å²) in [5, 5.41) is 0. The minimum absolute atomic E-state index is 0.751. The van der Waals surface area contributed by atoms with Crippen LogP contribution in [-0.2, 0) is 0 Å². The fraction of sp³-hybridized carbons (Fsp3) is 0.647. The second kappa shape index (κ2) is 7.53. The number of hydrogen-bond acceptors (Lipinski definition) is 3. The summed E-state index contributed by atoms with van der Waals surface area (Å²) in [5.74, 6) is 3.35. The molecule has 1 saturated heterocycles. The predicted molar refractivity (Wildman–Crippen MR) is 82.5 cm³/mol. The van der Waals surface area contributed by atoms with Crippen molar-refractivity contribution in [1.29, 1.82) is 0 Å². The Morgan fingerprint density at radius 3 is 2.60 bits per heavy atom. The van der Waals surface area contributed by atoms with Crippen LogP contribution in [0.2, 0.25) is 0 Å². The Morgan fingerprint density at radius 2 is 1.90 bits per heavy atom. The molecule has 2 atom stereocenters. The molecule has 3 heteroatoms. The monoisotopic (exact) mass is 277 g/mol. The van der Waals surface area contributed by atoms with Crippen molar-refractivity contribution in [3.8, 4) is 11.5 Å². The number of ether oxygens (including phenoxy) is 2. The van der Waals surface area contributed by atoms with E-state index in [2.05, 4.69) is 18.7 Å². The molecule has 0 saturated carbocycles. The largest absolute Gasteiger partial charge is 0.493 e. The quantitative estimate of drug-likeness (QED) is 0.743. The normalized spacial score (nSPS) is 23.6. The molecule has 0 unspecified atom stereocenters. The fourth-order valence-electron chi connectivity index (χ4n) is 2.76. The lowest BCUT2D eigenvalue weighted by Crippen LogP contribution is -2.39. The molecule has 0 amide bonds. The highest BCUT2D eigenvalue weighted by atomic mass is 16.5. The van der Waals surface area contributed by atoms with Gasteiger partial charge in [-0.2, -0.15) is 0 Å². The summed E-state index contributed by atoms with van der Waals surface area (Å²) in [6, 6.07) is 7.83. The van der Waals surface area contributed by atoms with E-state index in [1.165, 1.54) is 19.5 Å². The van der Waals surface area contributed by atoms with Gasteiger partial charge in [0, 0.05) is 13.1 Å². The lowest BCUT2D eigenvalue weighted by molar-refractivity contribution is 0.130. The van der Waals surface area contributed by atoms with Gasteiger partial charge in [-0.3, -0.25) is 0 Å². The Balaban J connectivity index is 1.69. The fourth-order valence-corrected chi connectivity index (χ4v) is 2.76. The number of para-hydroxylation sites is 2. The Kier molecular flexibility index (Phi) is 5.72. The van der Waals surface area contributed by atoms with E-state index in [-0.39, 0.29) is 0 Å². The highest BCUT2D eigenvalue weighted by molar-refractivity contribution is 5.39. The highest BCUT2D eigenvalue weighted by Gasteiger charge is 2.21. The molecule has 2 rings (SSSR count). The van der Waals surface area contributed by atoms with Gasteiger partial charge in [-0.15, -0.1) is 0 Å². The molecule has 0 aromatic heterocycles. The van der Waals surface area contributed by atoms with E-state index in [0.717, 1.165) is 42.9 Å². The second-order valence-electron chi connectivity index (χ2n) is 5.90. The molecule has 20 heavy (non-hydrogen) atoms. The van der Waals surface area contributed by atoms with Crippen molar-refractivity contribution in [2.24, 2.45) is 11.8 Å². The zero-order valence-electron chi connectivity index (χ0n) is 13.0. The summed E-state index contributed by atoms with van der Waals surface area (Å²) in [6.45, 7) is 9.08. The standard InChI is InChI=1S/C17H27NO2/c1-14-9-11-18(13-15(14)2)10-6-12-20-17-8-5-4-7-16(17)19-3/h4-5,7-8,14-15H,6,9-13H2,1-3H3/t14-,15-/m0/s1. The van der Waals surface area contributed by atoms with Crippen LogP contribution in [0.4, 0.5) is 0 Å². The molecule has 1 aromatic rings. The summed E-state index contributed by atoms with van der Waals surface area (Å²) in [5.41, 5.74) is 0. The zero-order chi connectivity index (χ0) is 14.4. The molecule has 0 aliphatic carbocycles. The minimum Gasteiger partial charge on any atom is -0.493 e. The van der Waals surface area contributed by atoms with E-state index in [1.807, 2.05) is 24.3 Å². The first-order chi connectivity index (χ1) is 9.70. The van der Waals surface area contributed by atoms with Gasteiger partial charge in [0.25, 0.3) is 0 Å². The number of benzene rings is 1. The summed E-state index contributed by atoms with van der Waals surface area (Å²) in [4.78, 5) is 2.57. The van der Waals surface area contributed by atoms with Crippen LogP contribution in [0.15, 0.2) is 24.3 Å². The van der Waals surface area contributed by atoms with Crippen molar-refractivity contribution < 1.29 is 9.47 Å². The van der Waals surface area contributed by atoms with Crippen molar-refractivity contribution in [1.82, 2.24) is 4.90 Å². The second-order valence-corrected chi connectivity index (χ2v) is 5.90.